The second-order valence-corrected chi connectivity index (χ2v) is 9.72. The zero-order valence-electron chi connectivity index (χ0n) is 19.4. The van der Waals surface area contributed by atoms with E-state index in [-0.39, 0.29) is 31.0 Å². The molecular weight excluding hydrogens is 450 g/mol. The van der Waals surface area contributed by atoms with E-state index in [4.69, 9.17) is 16.3 Å². The molecule has 0 fully saturated rings. The van der Waals surface area contributed by atoms with Gasteiger partial charge in [0.25, 0.3) is 0 Å². The molecule has 1 heterocycles. The Morgan fingerprint density at radius 3 is 2.32 bits per heavy atom. The fourth-order valence-corrected chi connectivity index (χ4v) is 4.54. The third kappa shape index (κ3) is 5.97. The minimum atomic E-state index is -1.03. The lowest BCUT2D eigenvalue weighted by Crippen LogP contribution is -2.36. The van der Waals surface area contributed by atoms with E-state index >= 15 is 0 Å². The molecule has 3 aromatic rings. The van der Waals surface area contributed by atoms with Crippen molar-refractivity contribution in [2.75, 3.05) is 6.54 Å². The molecule has 34 heavy (non-hydrogen) atoms. The topological polar surface area (TPSA) is 66.8 Å². The van der Waals surface area contributed by atoms with Crippen molar-refractivity contribution in [2.24, 2.45) is 0 Å². The van der Waals surface area contributed by atoms with E-state index in [9.17, 15) is 14.7 Å². The van der Waals surface area contributed by atoms with Gasteiger partial charge in [0.1, 0.15) is 17.9 Å². The number of aryl methyl sites for hydroxylation is 1. The van der Waals surface area contributed by atoms with Crippen LogP contribution in [0, 0.1) is 6.92 Å². The van der Waals surface area contributed by atoms with E-state index in [0.29, 0.717) is 5.02 Å². The van der Waals surface area contributed by atoms with E-state index in [1.807, 2.05) is 73.7 Å². The van der Waals surface area contributed by atoms with Crippen LogP contribution in [-0.2, 0) is 35.4 Å². The standard InChI is InChI=1S/C28H28ClNO4/c1-19-3-5-21(6-4-19)17-30(18-27(32)33)26(31)14-22-9-12-25-23(13-22)16-28(2,34-25)15-20-7-10-24(29)11-8-20/h3-13H,14-18H2,1-2H3,(H,32,33)/t28-/m0/s1. The average Bonchev–Trinajstić information content (AvgIpc) is 3.11. The maximum Gasteiger partial charge on any atom is 0.323 e. The van der Waals surface area contributed by atoms with Gasteiger partial charge < -0.3 is 14.7 Å². The van der Waals surface area contributed by atoms with Crippen molar-refractivity contribution >= 4 is 23.5 Å². The summed E-state index contributed by atoms with van der Waals surface area (Å²) in [5, 5.41) is 10.0. The molecule has 1 amide bonds. The predicted molar refractivity (Wildman–Crippen MR) is 132 cm³/mol. The summed E-state index contributed by atoms with van der Waals surface area (Å²) in [5.74, 6) is -0.416. The summed E-state index contributed by atoms with van der Waals surface area (Å²) in [6.45, 7) is 4.00. The number of ether oxygens (including phenoxy) is 1. The van der Waals surface area contributed by atoms with E-state index < -0.39 is 5.97 Å². The number of carboxylic acids is 1. The molecule has 0 bridgehead atoms. The zero-order valence-corrected chi connectivity index (χ0v) is 20.1. The number of hydrogen-bond acceptors (Lipinski definition) is 3. The first-order valence-corrected chi connectivity index (χ1v) is 11.7. The van der Waals surface area contributed by atoms with E-state index in [1.54, 1.807) is 0 Å². The summed E-state index contributed by atoms with van der Waals surface area (Å²) in [7, 11) is 0. The van der Waals surface area contributed by atoms with Crippen LogP contribution >= 0.6 is 11.6 Å². The van der Waals surface area contributed by atoms with Gasteiger partial charge >= 0.3 is 5.97 Å². The number of nitrogens with zero attached hydrogens (tertiary/aromatic N) is 1. The Hall–Kier alpha value is -3.31. The third-order valence-electron chi connectivity index (χ3n) is 6.07. The molecule has 5 nitrogen and oxygen atoms in total. The first kappa shape index (κ1) is 23.8. The van der Waals surface area contributed by atoms with Gasteiger partial charge in [-0.2, -0.15) is 0 Å². The van der Waals surface area contributed by atoms with Crippen molar-refractivity contribution in [2.45, 2.75) is 45.3 Å². The average molecular weight is 478 g/mol. The number of hydrogen-bond donors (Lipinski definition) is 1. The largest absolute Gasteiger partial charge is 0.487 e. The number of carbonyl (C=O) groups excluding carboxylic acids is 1. The molecule has 0 aromatic heterocycles. The number of amides is 1. The van der Waals surface area contributed by atoms with Crippen LogP contribution in [0.15, 0.2) is 66.7 Å². The highest BCUT2D eigenvalue weighted by molar-refractivity contribution is 6.30. The zero-order chi connectivity index (χ0) is 24.3. The summed E-state index contributed by atoms with van der Waals surface area (Å²) < 4.78 is 6.27. The lowest BCUT2D eigenvalue weighted by Gasteiger charge is -2.24. The van der Waals surface area contributed by atoms with Crippen LogP contribution < -0.4 is 4.74 Å². The predicted octanol–water partition coefficient (Wildman–Crippen LogP) is 5.24. The fraction of sp³-hybridized carbons (Fsp3) is 0.286. The van der Waals surface area contributed by atoms with Crippen molar-refractivity contribution < 1.29 is 19.4 Å². The third-order valence-corrected chi connectivity index (χ3v) is 6.32. The molecule has 0 unspecified atom stereocenters. The second-order valence-electron chi connectivity index (χ2n) is 9.28. The maximum absolute atomic E-state index is 13.0. The lowest BCUT2D eigenvalue weighted by molar-refractivity contribution is -0.144. The Bertz CT molecular complexity index is 1190. The lowest BCUT2D eigenvalue weighted by atomic mass is 9.91. The van der Waals surface area contributed by atoms with Gasteiger partial charge in [-0.15, -0.1) is 0 Å². The molecule has 6 heteroatoms. The monoisotopic (exact) mass is 477 g/mol. The molecule has 4 rings (SSSR count). The molecule has 176 valence electrons. The quantitative estimate of drug-likeness (QED) is 0.481. The van der Waals surface area contributed by atoms with Gasteiger partial charge in [-0.25, -0.2) is 0 Å². The molecule has 1 aliphatic heterocycles. The van der Waals surface area contributed by atoms with Crippen LogP contribution in [0.1, 0.15) is 34.7 Å². The van der Waals surface area contributed by atoms with Crippen molar-refractivity contribution in [1.82, 2.24) is 4.90 Å². The normalized spacial score (nSPS) is 16.6. The van der Waals surface area contributed by atoms with Crippen LogP contribution in [-0.4, -0.2) is 34.0 Å². The summed E-state index contributed by atoms with van der Waals surface area (Å²) in [5.41, 5.74) is 4.70. The van der Waals surface area contributed by atoms with E-state index in [2.05, 4.69) is 6.92 Å². The molecule has 0 aliphatic carbocycles. The van der Waals surface area contributed by atoms with Crippen molar-refractivity contribution in [3.05, 3.63) is 99.6 Å². The first-order valence-electron chi connectivity index (χ1n) is 11.3. The first-order chi connectivity index (χ1) is 16.2. The van der Waals surface area contributed by atoms with Gasteiger partial charge in [-0.3, -0.25) is 9.59 Å². The molecule has 1 N–H and O–H groups in total. The molecular formula is C28H28ClNO4. The number of fused-ring (bicyclic) bond motifs is 1. The highest BCUT2D eigenvalue weighted by Gasteiger charge is 2.35. The summed E-state index contributed by atoms with van der Waals surface area (Å²) in [4.78, 5) is 25.8. The van der Waals surface area contributed by atoms with Gasteiger partial charge in [0.2, 0.25) is 5.91 Å². The van der Waals surface area contributed by atoms with Gasteiger partial charge in [0.15, 0.2) is 0 Å². The van der Waals surface area contributed by atoms with Gasteiger partial charge in [0, 0.05) is 24.4 Å². The number of rotatable bonds is 8. The Labute approximate surface area is 204 Å². The number of carbonyl (C=O) groups is 2. The highest BCUT2D eigenvalue weighted by atomic mass is 35.5. The Kier molecular flexibility index (Phi) is 6.94. The van der Waals surface area contributed by atoms with Crippen LogP contribution in [0.2, 0.25) is 5.02 Å². The molecule has 3 aromatic carbocycles. The van der Waals surface area contributed by atoms with Crippen molar-refractivity contribution in [1.29, 1.82) is 0 Å². The highest BCUT2D eigenvalue weighted by Crippen LogP contribution is 2.37. The van der Waals surface area contributed by atoms with Crippen LogP contribution in [0.5, 0.6) is 5.75 Å². The molecule has 0 saturated carbocycles. The Morgan fingerprint density at radius 2 is 1.65 bits per heavy atom. The van der Waals surface area contributed by atoms with Crippen LogP contribution in [0.4, 0.5) is 0 Å². The van der Waals surface area contributed by atoms with Gasteiger partial charge in [-0.1, -0.05) is 65.7 Å². The summed E-state index contributed by atoms with van der Waals surface area (Å²) >= 11 is 6.00. The van der Waals surface area contributed by atoms with Gasteiger partial charge in [-0.05, 0) is 54.3 Å². The SMILES string of the molecule is Cc1ccc(CN(CC(=O)O)C(=O)Cc2ccc3c(c2)C[C@](C)(Cc2ccc(Cl)cc2)O3)cc1. The maximum atomic E-state index is 13.0. The second kappa shape index (κ2) is 9.90. The van der Waals surface area contributed by atoms with E-state index in [0.717, 1.165) is 46.4 Å². The van der Waals surface area contributed by atoms with Crippen molar-refractivity contribution in [3.8, 4) is 5.75 Å². The molecule has 0 saturated heterocycles. The minimum absolute atomic E-state index is 0.139. The Balaban J connectivity index is 1.44. The molecule has 0 spiro atoms. The van der Waals surface area contributed by atoms with Crippen LogP contribution in [0.25, 0.3) is 0 Å². The summed E-state index contributed by atoms with van der Waals surface area (Å²) in [6.07, 6.45) is 1.62. The number of aliphatic carboxylic acids is 1. The Morgan fingerprint density at radius 1 is 1.00 bits per heavy atom. The fourth-order valence-electron chi connectivity index (χ4n) is 4.41. The number of carboxylic acid groups (broad SMARTS) is 1. The summed E-state index contributed by atoms with van der Waals surface area (Å²) in [6, 6.07) is 21.3. The smallest absolute Gasteiger partial charge is 0.323 e. The molecule has 0 radical (unpaired) electrons. The number of halogens is 1. The van der Waals surface area contributed by atoms with Crippen molar-refractivity contribution in [3.63, 3.8) is 0 Å². The molecule has 1 atom stereocenters. The van der Waals surface area contributed by atoms with E-state index in [1.165, 1.54) is 4.90 Å². The van der Waals surface area contributed by atoms with Crippen LogP contribution in [0.3, 0.4) is 0 Å². The molecule has 1 aliphatic rings. The minimum Gasteiger partial charge on any atom is -0.487 e. The van der Waals surface area contributed by atoms with Gasteiger partial charge in [0.05, 0.1) is 6.42 Å². The number of benzene rings is 3.